The van der Waals surface area contributed by atoms with E-state index in [0.717, 1.165) is 26.1 Å². The average Bonchev–Trinajstić information content (AvgIpc) is 2.62. The van der Waals surface area contributed by atoms with Crippen molar-refractivity contribution >= 4 is 0 Å². The molecule has 0 amide bonds. The molecule has 0 bridgehead atoms. The Kier molecular flexibility index (Phi) is 2.86. The molecule has 2 aliphatic rings. The Morgan fingerprint density at radius 3 is 2.85 bits per heavy atom. The van der Waals surface area contributed by atoms with Gasteiger partial charge in [-0.1, -0.05) is 6.92 Å². The van der Waals surface area contributed by atoms with E-state index < -0.39 is 0 Å². The number of aliphatic hydroxyl groups excluding tert-OH is 1. The largest absolute Gasteiger partial charge is 0.392 e. The van der Waals surface area contributed by atoms with Gasteiger partial charge in [0.2, 0.25) is 0 Å². The Balaban J connectivity index is 1.87. The summed E-state index contributed by atoms with van der Waals surface area (Å²) in [4.78, 5) is 2.45. The number of aliphatic hydroxyl groups is 1. The lowest BCUT2D eigenvalue weighted by Crippen LogP contribution is -2.48. The van der Waals surface area contributed by atoms with Crippen LogP contribution in [0.1, 0.15) is 19.8 Å². The van der Waals surface area contributed by atoms with E-state index >= 15 is 0 Å². The molecule has 0 spiro atoms. The topological polar surface area (TPSA) is 35.5 Å². The summed E-state index contributed by atoms with van der Waals surface area (Å²) in [5.41, 5.74) is 0. The lowest BCUT2D eigenvalue weighted by atomic mass is 9.95. The van der Waals surface area contributed by atoms with Gasteiger partial charge < -0.3 is 10.4 Å². The Labute approximate surface area is 80.1 Å². The first-order valence-corrected chi connectivity index (χ1v) is 5.40. The van der Waals surface area contributed by atoms with Crippen LogP contribution in [-0.2, 0) is 0 Å². The first-order chi connectivity index (χ1) is 6.27. The zero-order chi connectivity index (χ0) is 9.26. The van der Waals surface area contributed by atoms with E-state index in [1.165, 1.54) is 13.0 Å². The lowest BCUT2D eigenvalue weighted by Gasteiger charge is -2.37. The highest BCUT2D eigenvalue weighted by Gasteiger charge is 2.29. The zero-order valence-electron chi connectivity index (χ0n) is 8.37. The third-order valence-electron chi connectivity index (χ3n) is 3.50. The van der Waals surface area contributed by atoms with Gasteiger partial charge in [-0.05, 0) is 31.8 Å². The molecule has 76 valence electrons. The Bertz CT molecular complexity index is 168. The predicted octanol–water partition coefficient (Wildman–Crippen LogP) is 0.0510. The highest BCUT2D eigenvalue weighted by molar-refractivity contribution is 4.86. The molecule has 2 fully saturated rings. The van der Waals surface area contributed by atoms with Crippen molar-refractivity contribution in [1.82, 2.24) is 10.2 Å². The minimum atomic E-state index is -0.102. The molecule has 2 heterocycles. The van der Waals surface area contributed by atoms with Gasteiger partial charge in [-0.25, -0.2) is 0 Å². The van der Waals surface area contributed by atoms with Crippen LogP contribution in [-0.4, -0.2) is 48.3 Å². The minimum Gasteiger partial charge on any atom is -0.392 e. The molecule has 3 atom stereocenters. The monoisotopic (exact) mass is 184 g/mol. The van der Waals surface area contributed by atoms with Crippen LogP contribution in [0.4, 0.5) is 0 Å². The van der Waals surface area contributed by atoms with Gasteiger partial charge in [0.15, 0.2) is 0 Å². The third kappa shape index (κ3) is 2.03. The molecular formula is C10H20N2O. The number of piperidine rings is 1. The summed E-state index contributed by atoms with van der Waals surface area (Å²) in [5.74, 6) is 0.491. The number of nitrogens with zero attached hydrogens (tertiary/aromatic N) is 1. The maximum Gasteiger partial charge on any atom is 0.0693 e. The minimum absolute atomic E-state index is 0.102. The predicted molar refractivity (Wildman–Crippen MR) is 52.6 cm³/mol. The van der Waals surface area contributed by atoms with Crippen molar-refractivity contribution in [2.75, 3.05) is 26.2 Å². The second-order valence-electron chi connectivity index (χ2n) is 4.47. The number of nitrogens with one attached hydrogen (secondary N) is 1. The molecule has 0 aromatic rings. The van der Waals surface area contributed by atoms with E-state index in [2.05, 4.69) is 17.1 Å². The van der Waals surface area contributed by atoms with Gasteiger partial charge in [-0.15, -0.1) is 0 Å². The highest BCUT2D eigenvalue weighted by atomic mass is 16.3. The Hall–Kier alpha value is -0.120. The van der Waals surface area contributed by atoms with Crippen molar-refractivity contribution in [2.24, 2.45) is 5.92 Å². The van der Waals surface area contributed by atoms with E-state index in [0.29, 0.717) is 12.0 Å². The highest BCUT2D eigenvalue weighted by Crippen LogP contribution is 2.20. The fraction of sp³-hybridized carbons (Fsp3) is 1.00. The quantitative estimate of drug-likeness (QED) is 0.604. The van der Waals surface area contributed by atoms with Crippen molar-refractivity contribution in [1.29, 1.82) is 0 Å². The first-order valence-electron chi connectivity index (χ1n) is 5.40. The van der Waals surface area contributed by atoms with E-state index in [-0.39, 0.29) is 6.10 Å². The summed E-state index contributed by atoms with van der Waals surface area (Å²) in [6, 6.07) is 0.683. The van der Waals surface area contributed by atoms with Crippen LogP contribution in [0.25, 0.3) is 0 Å². The second kappa shape index (κ2) is 3.95. The smallest absolute Gasteiger partial charge is 0.0693 e. The Morgan fingerprint density at radius 1 is 1.38 bits per heavy atom. The van der Waals surface area contributed by atoms with Gasteiger partial charge in [-0.2, -0.15) is 0 Å². The van der Waals surface area contributed by atoms with Crippen molar-refractivity contribution in [2.45, 2.75) is 31.9 Å². The van der Waals surface area contributed by atoms with E-state index in [1.54, 1.807) is 0 Å². The first kappa shape index (κ1) is 9.44. The number of likely N-dealkylation sites (tertiary alicyclic amines) is 1. The molecule has 0 saturated carbocycles. The molecular weight excluding hydrogens is 164 g/mol. The van der Waals surface area contributed by atoms with Crippen LogP contribution in [0.2, 0.25) is 0 Å². The molecule has 3 nitrogen and oxygen atoms in total. The number of hydrogen-bond donors (Lipinski definition) is 2. The molecule has 2 rings (SSSR count). The summed E-state index contributed by atoms with van der Waals surface area (Å²) < 4.78 is 0. The Morgan fingerprint density at radius 2 is 2.23 bits per heavy atom. The van der Waals surface area contributed by atoms with Crippen molar-refractivity contribution in [3.63, 3.8) is 0 Å². The van der Waals surface area contributed by atoms with Crippen LogP contribution in [0.15, 0.2) is 0 Å². The molecule has 13 heavy (non-hydrogen) atoms. The molecule has 2 N–H and O–H groups in total. The summed E-state index contributed by atoms with van der Waals surface area (Å²) in [6.07, 6.45) is 2.30. The molecule has 3 heteroatoms. The van der Waals surface area contributed by atoms with Gasteiger partial charge in [0.1, 0.15) is 0 Å². The zero-order valence-corrected chi connectivity index (χ0v) is 8.37. The summed E-state index contributed by atoms with van der Waals surface area (Å²) >= 11 is 0. The lowest BCUT2D eigenvalue weighted by molar-refractivity contribution is 0.0136. The van der Waals surface area contributed by atoms with Crippen molar-refractivity contribution < 1.29 is 5.11 Å². The molecule has 0 aromatic heterocycles. The van der Waals surface area contributed by atoms with Crippen LogP contribution < -0.4 is 5.32 Å². The van der Waals surface area contributed by atoms with Crippen LogP contribution in [0.3, 0.4) is 0 Å². The third-order valence-corrected chi connectivity index (χ3v) is 3.50. The van der Waals surface area contributed by atoms with Gasteiger partial charge >= 0.3 is 0 Å². The number of hydrogen-bond acceptors (Lipinski definition) is 3. The van der Waals surface area contributed by atoms with Crippen molar-refractivity contribution in [3.05, 3.63) is 0 Å². The van der Waals surface area contributed by atoms with E-state index in [1.807, 2.05) is 0 Å². The SMILES string of the molecule is CC1CCN(C2CCNC2)CC1O. The maximum atomic E-state index is 9.75. The number of β-amino-alcohol motifs (C(OH)–C–C–N with tert-alkyl or cyclic N) is 1. The standard InChI is InChI=1S/C10H20N2O/c1-8-3-5-12(7-10(8)13)9-2-4-11-6-9/h8-11,13H,2-7H2,1H3. The van der Waals surface area contributed by atoms with Gasteiger partial charge in [0.25, 0.3) is 0 Å². The van der Waals surface area contributed by atoms with Crippen molar-refractivity contribution in [3.8, 4) is 0 Å². The molecule has 0 aromatic carbocycles. The molecule has 2 aliphatic heterocycles. The average molecular weight is 184 g/mol. The molecule has 0 aliphatic carbocycles. The molecule has 0 radical (unpaired) electrons. The fourth-order valence-corrected chi connectivity index (χ4v) is 2.36. The molecule has 3 unspecified atom stereocenters. The van der Waals surface area contributed by atoms with Gasteiger partial charge in [-0.3, -0.25) is 4.90 Å². The number of rotatable bonds is 1. The maximum absolute atomic E-state index is 9.75. The normalized spacial score (nSPS) is 42.5. The second-order valence-corrected chi connectivity index (χ2v) is 4.47. The van der Waals surface area contributed by atoms with Crippen LogP contribution >= 0.6 is 0 Å². The van der Waals surface area contributed by atoms with Crippen LogP contribution in [0.5, 0.6) is 0 Å². The van der Waals surface area contributed by atoms with Crippen LogP contribution in [0, 0.1) is 5.92 Å². The summed E-state index contributed by atoms with van der Waals surface area (Å²) in [6.45, 7) is 6.46. The van der Waals surface area contributed by atoms with E-state index in [9.17, 15) is 5.11 Å². The molecule has 2 saturated heterocycles. The van der Waals surface area contributed by atoms with Gasteiger partial charge in [0.05, 0.1) is 6.10 Å². The fourth-order valence-electron chi connectivity index (χ4n) is 2.36. The van der Waals surface area contributed by atoms with Gasteiger partial charge in [0, 0.05) is 19.1 Å². The summed E-state index contributed by atoms with van der Waals surface area (Å²) in [7, 11) is 0. The van der Waals surface area contributed by atoms with E-state index in [4.69, 9.17) is 0 Å². The summed E-state index contributed by atoms with van der Waals surface area (Å²) in [5, 5.41) is 13.1.